The van der Waals surface area contributed by atoms with Crippen LogP contribution in [0.15, 0.2) is 0 Å². The van der Waals surface area contributed by atoms with Gasteiger partial charge in [0.15, 0.2) is 0 Å². The molecule has 5 rings (SSSR count). The number of carbonyl (C=O) groups is 1. The van der Waals surface area contributed by atoms with Gasteiger partial charge in [-0.1, -0.05) is 6.92 Å². The maximum Gasteiger partial charge on any atom is 0.139 e. The summed E-state index contributed by atoms with van der Waals surface area (Å²) in [5.41, 5.74) is -0.0678. The van der Waals surface area contributed by atoms with Gasteiger partial charge < -0.3 is 5.11 Å². The zero-order valence-electron chi connectivity index (χ0n) is 12.5. The van der Waals surface area contributed by atoms with E-state index in [4.69, 9.17) is 0 Å². The highest BCUT2D eigenvalue weighted by atomic mass is 16.3. The van der Waals surface area contributed by atoms with Gasteiger partial charge in [-0.25, -0.2) is 0 Å². The second kappa shape index (κ2) is 3.34. The summed E-state index contributed by atoms with van der Waals surface area (Å²) in [5.74, 6) is 3.08. The molecule has 1 spiro atoms. The van der Waals surface area contributed by atoms with Crippen molar-refractivity contribution in [2.75, 3.05) is 0 Å². The van der Waals surface area contributed by atoms with Gasteiger partial charge in [-0.2, -0.15) is 0 Å². The van der Waals surface area contributed by atoms with Gasteiger partial charge in [0.1, 0.15) is 5.78 Å². The van der Waals surface area contributed by atoms with Crippen LogP contribution in [0.1, 0.15) is 64.7 Å². The summed E-state index contributed by atoms with van der Waals surface area (Å²) in [6, 6.07) is 0. The van der Waals surface area contributed by atoms with Crippen molar-refractivity contribution in [3.63, 3.8) is 0 Å². The summed E-state index contributed by atoms with van der Waals surface area (Å²) in [5, 5.41) is 11.5. The fourth-order valence-electron chi connectivity index (χ4n) is 7.49. The van der Waals surface area contributed by atoms with Crippen LogP contribution in [0.4, 0.5) is 0 Å². The monoisotopic (exact) mass is 274 g/mol. The summed E-state index contributed by atoms with van der Waals surface area (Å²) >= 11 is 0. The van der Waals surface area contributed by atoms with Crippen molar-refractivity contribution in [3.8, 4) is 0 Å². The molecule has 0 amide bonds. The Balaban J connectivity index is 1.54. The molecule has 7 atom stereocenters. The first kappa shape index (κ1) is 12.2. The van der Waals surface area contributed by atoms with Crippen LogP contribution >= 0.6 is 0 Å². The van der Waals surface area contributed by atoms with Crippen LogP contribution in [0.2, 0.25) is 0 Å². The Morgan fingerprint density at radius 1 is 1.05 bits per heavy atom. The number of ketones is 1. The second-order valence-electron chi connectivity index (χ2n) is 8.85. The van der Waals surface area contributed by atoms with Crippen molar-refractivity contribution in [2.45, 2.75) is 70.3 Å². The molecule has 110 valence electrons. The number of hydrogen-bond acceptors (Lipinski definition) is 2. The van der Waals surface area contributed by atoms with Crippen molar-refractivity contribution in [2.24, 2.45) is 34.5 Å². The number of carbonyl (C=O) groups excluding carboxylic acids is 1. The number of fused-ring (bicyclic) bond motifs is 4. The number of hydrogen-bond donors (Lipinski definition) is 1. The quantitative estimate of drug-likeness (QED) is 0.735. The van der Waals surface area contributed by atoms with Gasteiger partial charge >= 0.3 is 0 Å². The van der Waals surface area contributed by atoms with Crippen LogP contribution in [0, 0.1) is 34.5 Å². The molecule has 0 radical (unpaired) electrons. The molecule has 0 saturated heterocycles. The van der Waals surface area contributed by atoms with E-state index >= 15 is 0 Å². The highest BCUT2D eigenvalue weighted by Gasteiger charge is 2.75. The summed E-state index contributed by atoms with van der Waals surface area (Å²) in [6.45, 7) is 2.23. The van der Waals surface area contributed by atoms with E-state index in [9.17, 15) is 9.90 Å². The molecule has 0 bridgehead atoms. The molecule has 0 unspecified atom stereocenters. The van der Waals surface area contributed by atoms with Gasteiger partial charge in [0.2, 0.25) is 0 Å². The Hall–Kier alpha value is -0.370. The smallest absolute Gasteiger partial charge is 0.139 e. The third kappa shape index (κ3) is 1.10. The van der Waals surface area contributed by atoms with Gasteiger partial charge in [-0.05, 0) is 75.0 Å². The Labute approximate surface area is 121 Å². The van der Waals surface area contributed by atoms with Gasteiger partial charge in [-0.15, -0.1) is 0 Å². The van der Waals surface area contributed by atoms with Crippen LogP contribution in [0.3, 0.4) is 0 Å². The van der Waals surface area contributed by atoms with Crippen LogP contribution < -0.4 is 0 Å². The average Bonchev–Trinajstić information content (AvgIpc) is 2.96. The lowest BCUT2D eigenvalue weighted by Crippen LogP contribution is -2.57. The first-order valence-corrected chi connectivity index (χ1v) is 8.77. The second-order valence-corrected chi connectivity index (χ2v) is 8.85. The van der Waals surface area contributed by atoms with Crippen LogP contribution in [-0.4, -0.2) is 16.5 Å². The highest BCUT2D eigenvalue weighted by molar-refractivity contribution is 5.87. The minimum atomic E-state index is -0.354. The number of aliphatic hydroxyl groups is 1. The Bertz CT molecular complexity index is 500. The van der Waals surface area contributed by atoms with E-state index < -0.39 is 0 Å². The third-order valence-corrected chi connectivity index (χ3v) is 8.65. The molecular weight excluding hydrogens is 248 g/mol. The molecule has 5 saturated carbocycles. The maximum atomic E-state index is 12.3. The van der Waals surface area contributed by atoms with E-state index in [0.717, 1.165) is 38.0 Å². The fourth-order valence-corrected chi connectivity index (χ4v) is 7.49. The largest absolute Gasteiger partial charge is 0.389 e. The average molecular weight is 274 g/mol. The zero-order chi connectivity index (χ0) is 13.8. The number of Topliss-reactive ketones (excluding diaryl/α,β-unsaturated/α-hetero) is 1. The summed E-state index contributed by atoms with van der Waals surface area (Å²) in [6.07, 6.45) is 10.2. The van der Waals surface area contributed by atoms with Gasteiger partial charge in [0.05, 0.1) is 5.60 Å². The molecule has 5 aliphatic carbocycles. The van der Waals surface area contributed by atoms with Crippen molar-refractivity contribution in [3.05, 3.63) is 0 Å². The highest BCUT2D eigenvalue weighted by Crippen LogP contribution is 2.77. The van der Waals surface area contributed by atoms with Crippen molar-refractivity contribution >= 4 is 5.78 Å². The first-order chi connectivity index (χ1) is 9.51. The predicted octanol–water partition coefficient (Wildman–Crippen LogP) is 3.32. The van der Waals surface area contributed by atoms with Crippen LogP contribution in [-0.2, 0) is 4.79 Å². The molecule has 0 aliphatic heterocycles. The Kier molecular flexibility index (Phi) is 2.04. The van der Waals surface area contributed by atoms with E-state index in [1.54, 1.807) is 0 Å². The van der Waals surface area contributed by atoms with Crippen LogP contribution in [0.5, 0.6) is 0 Å². The lowest BCUT2D eigenvalue weighted by molar-refractivity contribution is -0.165. The van der Waals surface area contributed by atoms with Crippen LogP contribution in [0.25, 0.3) is 0 Å². The summed E-state index contributed by atoms with van der Waals surface area (Å²) < 4.78 is 0. The Morgan fingerprint density at radius 3 is 2.70 bits per heavy atom. The molecule has 5 aliphatic rings. The Morgan fingerprint density at radius 2 is 1.90 bits per heavy atom. The standard InChI is InChI=1S/C18H26O2/c1-16-7-6-14-12(13(16)2-3-15(16)19)5-8-17-10-11(17)4-9-18(14,17)20/h11-14,20H,2-10H2,1H3/t11-,12+,13-,14+,16-,17-,18+/m0/s1. The molecule has 5 fully saturated rings. The maximum absolute atomic E-state index is 12.3. The number of rotatable bonds is 0. The van der Waals surface area contributed by atoms with Crippen molar-refractivity contribution < 1.29 is 9.90 Å². The van der Waals surface area contributed by atoms with E-state index in [1.807, 2.05) is 0 Å². The molecule has 0 aromatic carbocycles. The lowest BCUT2D eigenvalue weighted by Gasteiger charge is -2.56. The normalized spacial score (nSPS) is 63.4. The van der Waals surface area contributed by atoms with E-state index in [-0.39, 0.29) is 11.0 Å². The van der Waals surface area contributed by atoms with Gasteiger partial charge in [0, 0.05) is 17.3 Å². The SMILES string of the molecule is C[C@]12CC[C@@H]3[C@H](CC[C@]45C[C@@H]4CC[C@@]35O)[C@@H]1CCC2=O. The predicted molar refractivity (Wildman–Crippen MR) is 76.0 cm³/mol. The van der Waals surface area contributed by atoms with E-state index in [0.29, 0.717) is 29.0 Å². The fraction of sp³-hybridized carbons (Fsp3) is 0.944. The molecular formula is C18H26O2. The molecule has 0 aromatic heterocycles. The van der Waals surface area contributed by atoms with E-state index in [1.165, 1.54) is 25.7 Å². The topological polar surface area (TPSA) is 37.3 Å². The molecule has 2 heteroatoms. The minimum absolute atomic E-state index is 0.0381. The lowest BCUT2D eigenvalue weighted by atomic mass is 9.50. The van der Waals surface area contributed by atoms with Crippen molar-refractivity contribution in [1.82, 2.24) is 0 Å². The van der Waals surface area contributed by atoms with Gasteiger partial charge in [-0.3, -0.25) is 4.79 Å². The molecule has 20 heavy (non-hydrogen) atoms. The molecule has 2 nitrogen and oxygen atoms in total. The third-order valence-electron chi connectivity index (χ3n) is 8.65. The zero-order valence-corrected chi connectivity index (χ0v) is 12.5. The van der Waals surface area contributed by atoms with Crippen molar-refractivity contribution in [1.29, 1.82) is 0 Å². The van der Waals surface area contributed by atoms with Gasteiger partial charge in [0.25, 0.3) is 0 Å². The first-order valence-electron chi connectivity index (χ1n) is 8.77. The summed E-state index contributed by atoms with van der Waals surface area (Å²) in [4.78, 5) is 12.3. The summed E-state index contributed by atoms with van der Waals surface area (Å²) in [7, 11) is 0. The molecule has 1 N–H and O–H groups in total. The minimum Gasteiger partial charge on any atom is -0.389 e. The molecule has 0 aromatic rings. The molecule has 0 heterocycles. The van der Waals surface area contributed by atoms with E-state index in [2.05, 4.69) is 6.92 Å².